The first-order valence-electron chi connectivity index (χ1n) is 13.4. The van der Waals surface area contributed by atoms with Gasteiger partial charge < -0.3 is 16.0 Å². The molecular weight excluding hydrogens is 542 g/mol. The highest BCUT2D eigenvalue weighted by Crippen LogP contribution is 2.28. The Kier molecular flexibility index (Phi) is 9.68. The van der Waals surface area contributed by atoms with Crippen molar-refractivity contribution in [1.29, 1.82) is 0 Å². The van der Waals surface area contributed by atoms with Crippen LogP contribution in [0.25, 0.3) is 0 Å². The summed E-state index contributed by atoms with van der Waals surface area (Å²) >= 11 is 6.08. The van der Waals surface area contributed by atoms with E-state index in [9.17, 15) is 24.0 Å². The molecule has 0 aliphatic carbocycles. The van der Waals surface area contributed by atoms with E-state index in [4.69, 9.17) is 17.3 Å². The van der Waals surface area contributed by atoms with Crippen molar-refractivity contribution in [3.8, 4) is 0 Å². The maximum absolute atomic E-state index is 13.7. The SMILES string of the molecule is Cc1cc(NC(=O)[C@H](CC(N)=O)CC(=O)[C@@H]2Cc3ccccc3CN2C(=O)CCC(=O)c2ccccc2)ccc1Cl. The van der Waals surface area contributed by atoms with Crippen molar-refractivity contribution >= 4 is 46.6 Å². The minimum Gasteiger partial charge on any atom is -0.370 e. The van der Waals surface area contributed by atoms with Gasteiger partial charge in [-0.1, -0.05) is 66.2 Å². The lowest BCUT2D eigenvalue weighted by Crippen LogP contribution is -2.49. The van der Waals surface area contributed by atoms with Gasteiger partial charge in [0.25, 0.3) is 0 Å². The summed E-state index contributed by atoms with van der Waals surface area (Å²) in [7, 11) is 0. The van der Waals surface area contributed by atoms with Gasteiger partial charge in [0.2, 0.25) is 17.7 Å². The topological polar surface area (TPSA) is 127 Å². The molecule has 0 radical (unpaired) electrons. The Morgan fingerprint density at radius 1 is 0.927 bits per heavy atom. The van der Waals surface area contributed by atoms with Crippen LogP contribution in [0.4, 0.5) is 5.69 Å². The van der Waals surface area contributed by atoms with Crippen molar-refractivity contribution < 1.29 is 24.0 Å². The predicted molar refractivity (Wildman–Crippen MR) is 156 cm³/mol. The van der Waals surface area contributed by atoms with Crippen LogP contribution < -0.4 is 11.1 Å². The molecule has 0 saturated carbocycles. The van der Waals surface area contributed by atoms with E-state index in [1.165, 1.54) is 4.90 Å². The van der Waals surface area contributed by atoms with Crippen LogP contribution in [0, 0.1) is 12.8 Å². The van der Waals surface area contributed by atoms with Crippen LogP contribution in [0.1, 0.15) is 52.7 Å². The van der Waals surface area contributed by atoms with E-state index in [0.717, 1.165) is 16.7 Å². The number of hydrogen-bond donors (Lipinski definition) is 2. The van der Waals surface area contributed by atoms with E-state index >= 15 is 0 Å². The Morgan fingerprint density at radius 2 is 1.61 bits per heavy atom. The average Bonchev–Trinajstić information content (AvgIpc) is 2.96. The highest BCUT2D eigenvalue weighted by atomic mass is 35.5. The number of halogens is 1. The van der Waals surface area contributed by atoms with Gasteiger partial charge in [0.05, 0.1) is 12.0 Å². The molecule has 0 spiro atoms. The van der Waals surface area contributed by atoms with E-state index in [1.54, 1.807) is 49.4 Å². The molecule has 1 aliphatic heterocycles. The summed E-state index contributed by atoms with van der Waals surface area (Å²) in [6.45, 7) is 2.00. The molecule has 212 valence electrons. The first-order chi connectivity index (χ1) is 19.6. The van der Waals surface area contributed by atoms with Gasteiger partial charge in [-0.25, -0.2) is 0 Å². The number of benzene rings is 3. The molecule has 0 saturated heterocycles. The minimum atomic E-state index is -1.02. The molecule has 1 aliphatic rings. The second-order valence-corrected chi connectivity index (χ2v) is 10.7. The lowest BCUT2D eigenvalue weighted by Gasteiger charge is -2.36. The van der Waals surface area contributed by atoms with Crippen LogP contribution in [0.2, 0.25) is 5.02 Å². The monoisotopic (exact) mass is 573 g/mol. The van der Waals surface area contributed by atoms with E-state index in [2.05, 4.69) is 5.32 Å². The molecule has 1 heterocycles. The maximum Gasteiger partial charge on any atom is 0.228 e. The molecule has 3 aromatic rings. The van der Waals surface area contributed by atoms with Crippen LogP contribution in [0.15, 0.2) is 72.8 Å². The van der Waals surface area contributed by atoms with Crippen molar-refractivity contribution in [3.63, 3.8) is 0 Å². The van der Waals surface area contributed by atoms with Gasteiger partial charge in [-0.3, -0.25) is 24.0 Å². The fourth-order valence-electron chi connectivity index (χ4n) is 5.05. The summed E-state index contributed by atoms with van der Waals surface area (Å²) in [6, 6.07) is 20.4. The van der Waals surface area contributed by atoms with Crippen LogP contribution in [-0.2, 0) is 32.1 Å². The van der Waals surface area contributed by atoms with Crippen molar-refractivity contribution in [2.24, 2.45) is 11.7 Å². The standard InChI is InChI=1S/C32H32ClN3O5/c1-20-15-25(11-12-26(20)33)35-32(41)24(18-30(34)39)17-29(38)27-16-22-9-5-6-10-23(22)19-36(27)31(40)14-13-28(37)21-7-3-2-4-8-21/h2-12,15,24,27H,13-14,16-19H2,1H3,(H2,34,39)(H,35,41)/t24-,27-/m0/s1. The Morgan fingerprint density at radius 3 is 2.29 bits per heavy atom. The summed E-state index contributed by atoms with van der Waals surface area (Å²) in [4.78, 5) is 66.3. The van der Waals surface area contributed by atoms with Crippen molar-refractivity contribution in [2.75, 3.05) is 5.32 Å². The normalized spacial score (nSPS) is 15.0. The van der Waals surface area contributed by atoms with E-state index < -0.39 is 23.8 Å². The number of nitrogens with two attached hydrogens (primary N) is 1. The van der Waals surface area contributed by atoms with Crippen molar-refractivity contribution in [2.45, 2.75) is 51.6 Å². The summed E-state index contributed by atoms with van der Waals surface area (Å²) in [5.74, 6) is -3.10. The van der Waals surface area contributed by atoms with Crippen LogP contribution in [0.5, 0.6) is 0 Å². The second kappa shape index (κ2) is 13.4. The van der Waals surface area contributed by atoms with Gasteiger partial charge >= 0.3 is 0 Å². The quantitative estimate of drug-likeness (QED) is 0.323. The number of hydrogen-bond acceptors (Lipinski definition) is 5. The largest absolute Gasteiger partial charge is 0.370 e. The van der Waals surface area contributed by atoms with Gasteiger partial charge in [0.1, 0.15) is 0 Å². The number of primary amides is 1. The third-order valence-electron chi connectivity index (χ3n) is 7.29. The average molecular weight is 574 g/mol. The number of amides is 3. The molecule has 2 atom stereocenters. The lowest BCUT2D eigenvalue weighted by atomic mass is 9.87. The molecular formula is C32H32ClN3O5. The molecule has 3 amide bonds. The summed E-state index contributed by atoms with van der Waals surface area (Å²) in [5, 5.41) is 3.29. The fraction of sp³-hybridized carbons (Fsp3) is 0.281. The van der Waals surface area contributed by atoms with Crippen LogP contribution in [0.3, 0.4) is 0 Å². The summed E-state index contributed by atoms with van der Waals surface area (Å²) in [5.41, 5.74) is 9.04. The molecule has 41 heavy (non-hydrogen) atoms. The molecule has 3 aromatic carbocycles. The first-order valence-corrected chi connectivity index (χ1v) is 13.8. The number of carbonyl (C=O) groups is 5. The van der Waals surface area contributed by atoms with E-state index in [0.29, 0.717) is 16.3 Å². The summed E-state index contributed by atoms with van der Waals surface area (Å²) in [6.07, 6.45) is -0.377. The smallest absolute Gasteiger partial charge is 0.228 e. The minimum absolute atomic E-state index is 0.00905. The third kappa shape index (κ3) is 7.67. The molecule has 9 heteroatoms. The van der Waals surface area contributed by atoms with Gasteiger partial charge in [-0.05, 0) is 41.8 Å². The molecule has 0 fully saturated rings. The number of rotatable bonds is 11. The third-order valence-corrected chi connectivity index (χ3v) is 7.72. The van der Waals surface area contributed by atoms with Crippen LogP contribution in [-0.4, -0.2) is 40.2 Å². The van der Waals surface area contributed by atoms with Gasteiger partial charge in [0, 0.05) is 54.9 Å². The number of ketones is 2. The van der Waals surface area contributed by atoms with Crippen LogP contribution >= 0.6 is 11.6 Å². The van der Waals surface area contributed by atoms with Gasteiger partial charge in [-0.15, -0.1) is 0 Å². The molecule has 8 nitrogen and oxygen atoms in total. The van der Waals surface area contributed by atoms with Gasteiger partial charge in [-0.2, -0.15) is 0 Å². The Bertz CT molecular complexity index is 1470. The number of nitrogens with zero attached hydrogens (tertiary/aromatic N) is 1. The van der Waals surface area contributed by atoms with Crippen molar-refractivity contribution in [3.05, 3.63) is 100 Å². The molecule has 4 rings (SSSR count). The number of anilines is 1. The lowest BCUT2D eigenvalue weighted by molar-refractivity contribution is -0.142. The fourth-order valence-corrected chi connectivity index (χ4v) is 5.17. The van der Waals surface area contributed by atoms with Gasteiger partial charge in [0.15, 0.2) is 11.6 Å². The highest BCUT2D eigenvalue weighted by Gasteiger charge is 2.36. The number of aryl methyl sites for hydroxylation is 1. The highest BCUT2D eigenvalue weighted by molar-refractivity contribution is 6.31. The number of Topliss-reactive ketones (excluding diaryl/α,β-unsaturated/α-hetero) is 2. The number of fused-ring (bicyclic) bond motifs is 1. The molecule has 0 bridgehead atoms. The predicted octanol–water partition coefficient (Wildman–Crippen LogP) is 4.65. The van der Waals surface area contributed by atoms with Crippen molar-refractivity contribution in [1.82, 2.24) is 4.90 Å². The number of carbonyl (C=O) groups excluding carboxylic acids is 5. The Labute approximate surface area is 243 Å². The Balaban J connectivity index is 1.51. The van der Waals surface area contributed by atoms with E-state index in [1.807, 2.05) is 30.3 Å². The summed E-state index contributed by atoms with van der Waals surface area (Å²) < 4.78 is 0. The van der Waals surface area contributed by atoms with E-state index in [-0.39, 0.29) is 56.1 Å². The number of nitrogens with one attached hydrogen (secondary N) is 1. The molecule has 0 unspecified atom stereocenters. The first kappa shape index (κ1) is 29.7. The zero-order valence-corrected chi connectivity index (χ0v) is 23.5. The maximum atomic E-state index is 13.7. The zero-order valence-electron chi connectivity index (χ0n) is 22.8. The second-order valence-electron chi connectivity index (χ2n) is 10.3. The molecule has 0 aromatic heterocycles. The molecule has 3 N–H and O–H groups in total. The Hall–Kier alpha value is -4.30. The zero-order chi connectivity index (χ0) is 29.5.